The van der Waals surface area contributed by atoms with Crippen LogP contribution in [0.4, 0.5) is 0 Å². The average molecular weight is 414 g/mol. The highest BCUT2D eigenvalue weighted by atomic mass is 16.5. The van der Waals surface area contributed by atoms with Gasteiger partial charge in [-0.25, -0.2) is 4.79 Å². The predicted molar refractivity (Wildman–Crippen MR) is 116 cm³/mol. The summed E-state index contributed by atoms with van der Waals surface area (Å²) in [6, 6.07) is 1.42. The number of aromatic hydroxyl groups is 1. The van der Waals surface area contributed by atoms with Crippen LogP contribution in [0, 0.1) is 11.8 Å². The molecule has 0 aliphatic carbocycles. The zero-order chi connectivity index (χ0) is 22.4. The molecule has 2 atom stereocenters. The summed E-state index contributed by atoms with van der Waals surface area (Å²) in [7, 11) is 0. The van der Waals surface area contributed by atoms with Gasteiger partial charge in [-0.15, -0.1) is 0 Å². The first kappa shape index (κ1) is 22.1. The number of hydrogen-bond donors (Lipinski definition) is 2. The number of aryl methyl sites for hydroxylation is 1. The highest BCUT2D eigenvalue weighted by molar-refractivity contribution is 6.13. The Labute approximate surface area is 176 Å². The SMILES string of the molecule is CCCc1cc(=O)oc2c(C(=O)C(C)C(O)C(C)C)c(O)c3c(c12)OC(C)(C)C=C3. The Morgan fingerprint density at radius 1 is 1.23 bits per heavy atom. The van der Waals surface area contributed by atoms with Gasteiger partial charge < -0.3 is 19.4 Å². The third-order valence-electron chi connectivity index (χ3n) is 5.62. The molecule has 2 N–H and O–H groups in total. The maximum atomic E-state index is 13.4. The van der Waals surface area contributed by atoms with E-state index in [2.05, 4.69) is 0 Å². The Morgan fingerprint density at radius 3 is 2.50 bits per heavy atom. The number of benzene rings is 1. The minimum absolute atomic E-state index is 0.0149. The van der Waals surface area contributed by atoms with Gasteiger partial charge in [0, 0.05) is 12.0 Å². The van der Waals surface area contributed by atoms with Gasteiger partial charge in [-0.3, -0.25) is 4.79 Å². The van der Waals surface area contributed by atoms with Crippen molar-refractivity contribution in [1.82, 2.24) is 0 Å². The molecule has 0 bridgehead atoms. The number of aliphatic hydroxyl groups excluding tert-OH is 1. The van der Waals surface area contributed by atoms with E-state index in [1.54, 1.807) is 19.1 Å². The maximum Gasteiger partial charge on any atom is 0.336 e. The number of phenolic OH excluding ortho intramolecular Hbond substituents is 1. The molecule has 1 aliphatic heterocycles. The molecular formula is C24H30O6. The molecule has 0 spiro atoms. The zero-order valence-electron chi connectivity index (χ0n) is 18.4. The Hall–Kier alpha value is -2.60. The van der Waals surface area contributed by atoms with Gasteiger partial charge in [0.25, 0.3) is 0 Å². The Bertz CT molecular complexity index is 1070. The Kier molecular flexibility index (Phi) is 5.83. The minimum Gasteiger partial charge on any atom is -0.506 e. The van der Waals surface area contributed by atoms with E-state index in [0.717, 1.165) is 6.42 Å². The van der Waals surface area contributed by atoms with E-state index >= 15 is 0 Å². The first-order valence-electron chi connectivity index (χ1n) is 10.4. The molecule has 3 rings (SSSR count). The van der Waals surface area contributed by atoms with E-state index in [-0.39, 0.29) is 22.8 Å². The smallest absolute Gasteiger partial charge is 0.336 e. The highest BCUT2D eigenvalue weighted by Crippen LogP contribution is 2.47. The molecule has 2 aromatic rings. The topological polar surface area (TPSA) is 97.0 Å². The van der Waals surface area contributed by atoms with Crippen molar-refractivity contribution in [3.8, 4) is 11.5 Å². The molecule has 0 amide bonds. The van der Waals surface area contributed by atoms with Crippen LogP contribution in [0.1, 0.15) is 69.4 Å². The third kappa shape index (κ3) is 3.76. The number of fused-ring (bicyclic) bond motifs is 3. The maximum absolute atomic E-state index is 13.4. The van der Waals surface area contributed by atoms with Crippen molar-refractivity contribution in [3.05, 3.63) is 39.3 Å². The number of Topliss-reactive ketones (excluding diaryl/α,β-unsaturated/α-hetero) is 1. The molecule has 2 heterocycles. The van der Waals surface area contributed by atoms with Crippen molar-refractivity contribution >= 4 is 22.8 Å². The average Bonchev–Trinajstić information content (AvgIpc) is 2.65. The van der Waals surface area contributed by atoms with Crippen LogP contribution >= 0.6 is 0 Å². The number of phenols is 1. The molecule has 0 saturated heterocycles. The molecule has 6 heteroatoms. The quantitative estimate of drug-likeness (QED) is 0.535. The highest BCUT2D eigenvalue weighted by Gasteiger charge is 2.35. The van der Waals surface area contributed by atoms with Gasteiger partial charge in [0.1, 0.15) is 22.7 Å². The normalized spacial score (nSPS) is 16.9. The summed E-state index contributed by atoms with van der Waals surface area (Å²) in [6.45, 7) is 11.0. The predicted octanol–water partition coefficient (Wildman–Crippen LogP) is 4.47. The summed E-state index contributed by atoms with van der Waals surface area (Å²) in [5, 5.41) is 22.0. The van der Waals surface area contributed by atoms with Crippen molar-refractivity contribution in [2.24, 2.45) is 11.8 Å². The van der Waals surface area contributed by atoms with Gasteiger partial charge >= 0.3 is 5.63 Å². The van der Waals surface area contributed by atoms with Gasteiger partial charge in [-0.2, -0.15) is 0 Å². The van der Waals surface area contributed by atoms with Crippen molar-refractivity contribution in [3.63, 3.8) is 0 Å². The van der Waals surface area contributed by atoms with E-state index in [1.807, 2.05) is 34.6 Å². The molecule has 1 aromatic carbocycles. The fourth-order valence-corrected chi connectivity index (χ4v) is 3.95. The first-order chi connectivity index (χ1) is 14.0. The van der Waals surface area contributed by atoms with Crippen LogP contribution in [0.3, 0.4) is 0 Å². The summed E-state index contributed by atoms with van der Waals surface area (Å²) in [4.78, 5) is 25.7. The van der Waals surface area contributed by atoms with Crippen molar-refractivity contribution in [2.45, 2.75) is 66.1 Å². The lowest BCUT2D eigenvalue weighted by atomic mass is 9.85. The third-order valence-corrected chi connectivity index (χ3v) is 5.62. The molecular weight excluding hydrogens is 384 g/mol. The minimum atomic E-state index is -0.903. The van der Waals surface area contributed by atoms with Crippen LogP contribution in [0.2, 0.25) is 0 Å². The van der Waals surface area contributed by atoms with Crippen LogP contribution in [-0.4, -0.2) is 27.7 Å². The second-order valence-corrected chi connectivity index (χ2v) is 8.94. The van der Waals surface area contributed by atoms with Gasteiger partial charge in [0.05, 0.1) is 17.1 Å². The van der Waals surface area contributed by atoms with Crippen molar-refractivity contribution < 1.29 is 24.2 Å². The van der Waals surface area contributed by atoms with E-state index in [9.17, 15) is 19.8 Å². The number of ketones is 1. The van der Waals surface area contributed by atoms with Crippen molar-refractivity contribution in [1.29, 1.82) is 0 Å². The summed E-state index contributed by atoms with van der Waals surface area (Å²) < 4.78 is 11.6. The van der Waals surface area contributed by atoms with Crippen LogP contribution in [-0.2, 0) is 6.42 Å². The Balaban J connectivity index is 2.40. The molecule has 30 heavy (non-hydrogen) atoms. The summed E-state index contributed by atoms with van der Waals surface area (Å²) in [6.07, 6.45) is 4.00. The van der Waals surface area contributed by atoms with Gasteiger partial charge in [-0.05, 0) is 43.9 Å². The Morgan fingerprint density at radius 2 is 1.90 bits per heavy atom. The summed E-state index contributed by atoms with van der Waals surface area (Å²) in [5.74, 6) is -1.31. The molecule has 1 aliphatic rings. The fourth-order valence-electron chi connectivity index (χ4n) is 3.95. The second kappa shape index (κ2) is 7.91. The van der Waals surface area contributed by atoms with Crippen LogP contribution in [0.25, 0.3) is 17.0 Å². The zero-order valence-corrected chi connectivity index (χ0v) is 18.4. The second-order valence-electron chi connectivity index (χ2n) is 8.94. The molecule has 6 nitrogen and oxygen atoms in total. The molecule has 0 radical (unpaired) electrons. The molecule has 2 unspecified atom stereocenters. The number of rotatable bonds is 6. The molecule has 1 aromatic heterocycles. The van der Waals surface area contributed by atoms with E-state index in [0.29, 0.717) is 28.7 Å². The number of hydrogen-bond acceptors (Lipinski definition) is 6. The lowest BCUT2D eigenvalue weighted by molar-refractivity contribution is 0.0551. The molecule has 0 fully saturated rings. The van der Waals surface area contributed by atoms with Crippen LogP contribution in [0.5, 0.6) is 11.5 Å². The molecule has 0 saturated carbocycles. The number of aliphatic hydroxyl groups is 1. The van der Waals surface area contributed by atoms with Crippen LogP contribution < -0.4 is 10.4 Å². The number of carbonyl (C=O) groups excluding carboxylic acids is 1. The van der Waals surface area contributed by atoms with Gasteiger partial charge in [0.15, 0.2) is 11.4 Å². The fraction of sp³-hybridized carbons (Fsp3) is 0.500. The van der Waals surface area contributed by atoms with E-state index in [4.69, 9.17) is 9.15 Å². The first-order valence-corrected chi connectivity index (χ1v) is 10.4. The van der Waals surface area contributed by atoms with E-state index < -0.39 is 29.0 Å². The van der Waals surface area contributed by atoms with Crippen molar-refractivity contribution in [2.75, 3.05) is 0 Å². The lowest BCUT2D eigenvalue weighted by Crippen LogP contribution is -2.31. The largest absolute Gasteiger partial charge is 0.506 e. The summed E-state index contributed by atoms with van der Waals surface area (Å²) >= 11 is 0. The van der Waals surface area contributed by atoms with Crippen LogP contribution in [0.15, 0.2) is 21.4 Å². The summed E-state index contributed by atoms with van der Waals surface area (Å²) in [5.41, 5.74) is -0.208. The monoisotopic (exact) mass is 414 g/mol. The molecule has 162 valence electrons. The lowest BCUT2D eigenvalue weighted by Gasteiger charge is -2.30. The van der Waals surface area contributed by atoms with Gasteiger partial charge in [-0.1, -0.05) is 34.1 Å². The standard InChI is InChI=1S/C24H30O6/c1-7-8-14-11-16(25)29-23-17(14)22-15(9-10-24(5,6)30-22)21(28)18(23)20(27)13(4)19(26)12(2)3/h9-13,19,26,28H,7-8H2,1-6H3. The van der Waals surface area contributed by atoms with E-state index in [1.165, 1.54) is 6.07 Å². The number of carbonyl (C=O) groups is 1. The van der Waals surface area contributed by atoms with Gasteiger partial charge in [0.2, 0.25) is 0 Å². The number of ether oxygens (including phenoxy) is 1.